The molecule has 0 radical (unpaired) electrons. The molecule has 0 aromatic heterocycles. The number of piperazine rings is 1. The van der Waals surface area contributed by atoms with Crippen molar-refractivity contribution in [2.24, 2.45) is 4.99 Å². The average molecular weight is 414 g/mol. The van der Waals surface area contributed by atoms with E-state index >= 15 is 0 Å². The Bertz CT molecular complexity index is 927. The zero-order valence-electron chi connectivity index (χ0n) is 16.0. The fraction of sp³-hybridized carbons (Fsp3) is 0.364. The molecule has 29 heavy (non-hydrogen) atoms. The summed E-state index contributed by atoms with van der Waals surface area (Å²) in [7, 11) is 0. The van der Waals surface area contributed by atoms with Gasteiger partial charge in [-0.2, -0.15) is 0 Å². The van der Waals surface area contributed by atoms with Crippen molar-refractivity contribution >= 4 is 29.0 Å². The third-order valence-electron chi connectivity index (χ3n) is 5.38. The lowest BCUT2D eigenvalue weighted by Crippen LogP contribution is -2.61. The number of alkyl halides is 1. The summed E-state index contributed by atoms with van der Waals surface area (Å²) in [5, 5.41) is 16.0. The predicted octanol–water partition coefficient (Wildman–Crippen LogP) is 3.71. The molecule has 3 N–H and O–H groups in total. The summed E-state index contributed by atoms with van der Waals surface area (Å²) in [5.41, 5.74) is 2.26. The van der Waals surface area contributed by atoms with Gasteiger partial charge in [-0.3, -0.25) is 4.79 Å². The number of nitrogens with zero attached hydrogens (tertiary/aromatic N) is 1. The number of halogens is 1. The van der Waals surface area contributed by atoms with Crippen LogP contribution in [0.25, 0.3) is 0 Å². The Labute approximate surface area is 174 Å². The Hall–Kier alpha value is -2.41. The second-order valence-corrected chi connectivity index (χ2v) is 8.02. The van der Waals surface area contributed by atoms with Crippen molar-refractivity contribution < 1.29 is 14.6 Å². The first kappa shape index (κ1) is 19.9. The number of carboxylic acid groups (broad SMARTS) is 1. The molecule has 2 aromatic rings. The SMILES string of the molecule is O=C(O)CCCC(Cl)(C1=Nc2ccccc2Oc2ccccc21)C1CNCCN1. The van der Waals surface area contributed by atoms with Gasteiger partial charge in [0.1, 0.15) is 16.3 Å². The molecular weight excluding hydrogens is 390 g/mol. The van der Waals surface area contributed by atoms with E-state index in [-0.39, 0.29) is 12.5 Å². The molecule has 2 aromatic carbocycles. The summed E-state index contributed by atoms with van der Waals surface area (Å²) in [6.07, 6.45) is 1.01. The number of carbonyl (C=O) groups is 1. The maximum Gasteiger partial charge on any atom is 0.303 e. The zero-order chi connectivity index (χ0) is 20.3. The molecule has 0 amide bonds. The molecule has 1 fully saturated rings. The van der Waals surface area contributed by atoms with Crippen molar-refractivity contribution in [3.05, 3.63) is 54.1 Å². The third-order valence-corrected chi connectivity index (χ3v) is 6.01. The number of aliphatic carboxylic acids is 1. The van der Waals surface area contributed by atoms with Crippen LogP contribution in [-0.2, 0) is 4.79 Å². The van der Waals surface area contributed by atoms with E-state index in [1.165, 1.54) is 0 Å². The van der Waals surface area contributed by atoms with Crippen molar-refractivity contribution in [3.63, 3.8) is 0 Å². The number of benzene rings is 2. The smallest absolute Gasteiger partial charge is 0.303 e. The van der Waals surface area contributed by atoms with Gasteiger partial charge in [-0.05, 0) is 37.1 Å². The van der Waals surface area contributed by atoms with Crippen molar-refractivity contribution in [2.45, 2.75) is 30.2 Å². The number of hydrogen-bond acceptors (Lipinski definition) is 5. The molecule has 0 aliphatic carbocycles. The minimum Gasteiger partial charge on any atom is -0.481 e. The van der Waals surface area contributed by atoms with Crippen LogP contribution in [0.5, 0.6) is 11.5 Å². The van der Waals surface area contributed by atoms with Gasteiger partial charge in [0.2, 0.25) is 0 Å². The topological polar surface area (TPSA) is 83.0 Å². The Morgan fingerprint density at radius 1 is 1.17 bits per heavy atom. The number of nitrogens with one attached hydrogen (secondary N) is 2. The van der Waals surface area contributed by atoms with E-state index in [0.717, 1.165) is 18.7 Å². The van der Waals surface area contributed by atoms with Crippen LogP contribution in [0.1, 0.15) is 24.8 Å². The van der Waals surface area contributed by atoms with Crippen LogP contribution in [-0.4, -0.2) is 47.3 Å². The Kier molecular flexibility index (Phi) is 5.85. The van der Waals surface area contributed by atoms with Crippen molar-refractivity contribution in [1.29, 1.82) is 0 Å². The van der Waals surface area contributed by atoms with E-state index in [1.54, 1.807) is 0 Å². The first-order chi connectivity index (χ1) is 14.1. The molecular formula is C22H24ClN3O3. The van der Waals surface area contributed by atoms with Crippen molar-refractivity contribution in [1.82, 2.24) is 10.6 Å². The minimum absolute atomic E-state index is 0.0661. The zero-order valence-corrected chi connectivity index (χ0v) is 16.8. The van der Waals surface area contributed by atoms with Crippen LogP contribution in [0.3, 0.4) is 0 Å². The number of ether oxygens (including phenoxy) is 1. The summed E-state index contributed by atoms with van der Waals surface area (Å²) in [4.78, 5) is 15.2. The van der Waals surface area contributed by atoms with Crippen LogP contribution in [0.2, 0.25) is 0 Å². The number of carboxylic acids is 1. The largest absolute Gasteiger partial charge is 0.481 e. The number of fused-ring (bicyclic) bond motifs is 2. The number of hydrogen-bond donors (Lipinski definition) is 3. The van der Waals surface area contributed by atoms with Crippen molar-refractivity contribution in [3.8, 4) is 11.5 Å². The average Bonchev–Trinajstić information content (AvgIpc) is 2.91. The Balaban J connectivity index is 1.82. The van der Waals surface area contributed by atoms with E-state index < -0.39 is 10.8 Å². The quantitative estimate of drug-likeness (QED) is 0.629. The summed E-state index contributed by atoms with van der Waals surface area (Å²) in [6, 6.07) is 15.3. The van der Waals surface area contributed by atoms with Gasteiger partial charge >= 0.3 is 5.97 Å². The molecule has 2 aliphatic rings. The maximum absolute atomic E-state index is 11.1. The summed E-state index contributed by atoms with van der Waals surface area (Å²) >= 11 is 7.37. The van der Waals surface area contributed by atoms with Gasteiger partial charge in [0.15, 0.2) is 5.75 Å². The molecule has 7 heteroatoms. The number of aliphatic imine (C=N–C) groups is 1. The van der Waals surface area contributed by atoms with E-state index in [0.29, 0.717) is 42.3 Å². The number of para-hydroxylation sites is 3. The normalized spacial score (nSPS) is 20.3. The molecule has 1 saturated heterocycles. The second-order valence-electron chi connectivity index (χ2n) is 7.35. The molecule has 0 spiro atoms. The highest BCUT2D eigenvalue weighted by molar-refractivity contribution is 6.40. The van der Waals surface area contributed by atoms with E-state index in [1.807, 2.05) is 48.5 Å². The van der Waals surface area contributed by atoms with Crippen LogP contribution < -0.4 is 15.4 Å². The lowest BCUT2D eigenvalue weighted by atomic mass is 9.83. The highest BCUT2D eigenvalue weighted by Crippen LogP contribution is 2.43. The highest BCUT2D eigenvalue weighted by Gasteiger charge is 2.44. The van der Waals surface area contributed by atoms with Gasteiger partial charge in [-0.15, -0.1) is 11.6 Å². The van der Waals surface area contributed by atoms with E-state index in [2.05, 4.69) is 10.6 Å². The van der Waals surface area contributed by atoms with Crippen LogP contribution in [0.15, 0.2) is 53.5 Å². The fourth-order valence-electron chi connectivity index (χ4n) is 3.93. The predicted molar refractivity (Wildman–Crippen MR) is 114 cm³/mol. The summed E-state index contributed by atoms with van der Waals surface area (Å²) < 4.78 is 6.15. The van der Waals surface area contributed by atoms with Gasteiger partial charge in [0.05, 0.1) is 5.71 Å². The van der Waals surface area contributed by atoms with Gasteiger partial charge in [0.25, 0.3) is 0 Å². The lowest BCUT2D eigenvalue weighted by molar-refractivity contribution is -0.137. The summed E-state index contributed by atoms with van der Waals surface area (Å²) in [6.45, 7) is 2.34. The second kappa shape index (κ2) is 8.53. The van der Waals surface area contributed by atoms with Gasteiger partial charge < -0.3 is 20.5 Å². The van der Waals surface area contributed by atoms with Gasteiger partial charge in [0, 0.05) is 37.7 Å². The van der Waals surface area contributed by atoms with E-state index in [4.69, 9.17) is 26.4 Å². The molecule has 0 bridgehead atoms. The first-order valence-electron chi connectivity index (χ1n) is 9.88. The monoisotopic (exact) mass is 413 g/mol. The maximum atomic E-state index is 11.1. The van der Waals surface area contributed by atoms with Crippen LogP contribution in [0, 0.1) is 0 Å². The molecule has 0 saturated carbocycles. The molecule has 2 aliphatic heterocycles. The third kappa shape index (κ3) is 4.15. The summed E-state index contributed by atoms with van der Waals surface area (Å²) in [5.74, 6) is 0.549. The Morgan fingerprint density at radius 2 is 1.93 bits per heavy atom. The standard InChI is InChI=1S/C22H24ClN3O3/c23-22(11-5-10-20(27)28,19-14-24-12-13-25-19)21-15-6-1-3-8-17(15)29-18-9-4-2-7-16(18)26-21/h1-4,6-9,19,24-25H,5,10-14H2,(H,27,28). The van der Waals surface area contributed by atoms with E-state index in [9.17, 15) is 4.79 Å². The molecule has 4 rings (SSSR count). The molecule has 2 heterocycles. The molecule has 6 nitrogen and oxygen atoms in total. The number of rotatable bonds is 6. The molecule has 152 valence electrons. The first-order valence-corrected chi connectivity index (χ1v) is 10.3. The minimum atomic E-state index is -0.889. The highest BCUT2D eigenvalue weighted by atomic mass is 35.5. The van der Waals surface area contributed by atoms with Crippen molar-refractivity contribution in [2.75, 3.05) is 19.6 Å². The molecule has 2 unspecified atom stereocenters. The van der Waals surface area contributed by atoms with Gasteiger partial charge in [-0.1, -0.05) is 24.3 Å². The molecule has 2 atom stereocenters. The Morgan fingerprint density at radius 3 is 2.69 bits per heavy atom. The van der Waals surface area contributed by atoms with Crippen LogP contribution >= 0.6 is 11.6 Å². The van der Waals surface area contributed by atoms with Gasteiger partial charge in [-0.25, -0.2) is 4.99 Å². The van der Waals surface area contributed by atoms with Crippen LogP contribution in [0.4, 0.5) is 5.69 Å². The lowest BCUT2D eigenvalue weighted by Gasteiger charge is -2.39. The fourth-order valence-corrected chi connectivity index (χ4v) is 4.37.